The molecule has 4 heterocycles. The van der Waals surface area contributed by atoms with E-state index in [9.17, 15) is 4.79 Å². The van der Waals surface area contributed by atoms with Crippen LogP contribution in [0, 0.1) is 0 Å². The van der Waals surface area contributed by atoms with Gasteiger partial charge in [-0.15, -0.1) is 22.7 Å². The Morgan fingerprint density at radius 3 is 2.72 bits per heavy atom. The monoisotopic (exact) mass is 419 g/mol. The lowest BCUT2D eigenvalue weighted by Crippen LogP contribution is -2.33. The highest BCUT2D eigenvalue weighted by molar-refractivity contribution is 7.18. The average Bonchev–Trinajstić information content (AvgIpc) is 3.44. The first kappa shape index (κ1) is 18.5. The first-order valence-electron chi connectivity index (χ1n) is 9.74. The minimum Gasteiger partial charge on any atom is -0.309 e. The molecule has 29 heavy (non-hydrogen) atoms. The number of H-pyrrole nitrogens is 1. The zero-order valence-electron chi connectivity index (χ0n) is 16.1. The third-order valence-electron chi connectivity index (χ3n) is 5.58. The molecule has 1 aliphatic heterocycles. The second-order valence-corrected chi connectivity index (χ2v) is 9.08. The van der Waals surface area contributed by atoms with Crippen LogP contribution in [0.5, 0.6) is 0 Å². The third kappa shape index (κ3) is 3.48. The molecule has 0 bridgehead atoms. The maximum atomic E-state index is 12.9. The van der Waals surface area contributed by atoms with E-state index >= 15 is 0 Å². The van der Waals surface area contributed by atoms with Gasteiger partial charge in [-0.2, -0.15) is 0 Å². The summed E-state index contributed by atoms with van der Waals surface area (Å²) in [5.41, 5.74) is 3.64. The van der Waals surface area contributed by atoms with Crippen molar-refractivity contribution in [2.45, 2.75) is 19.4 Å². The predicted octanol–water partition coefficient (Wildman–Crippen LogP) is 5.56. The molecule has 1 atom stereocenters. The van der Waals surface area contributed by atoms with Gasteiger partial charge in [-0.3, -0.25) is 9.69 Å². The molecule has 0 saturated heterocycles. The summed E-state index contributed by atoms with van der Waals surface area (Å²) in [6, 6.07) is 14.7. The highest BCUT2D eigenvalue weighted by Gasteiger charge is 2.22. The fraction of sp³-hybridized carbons (Fsp3) is 0.217. The fourth-order valence-corrected chi connectivity index (χ4v) is 5.67. The van der Waals surface area contributed by atoms with Crippen LogP contribution in [0.4, 0.5) is 0 Å². The number of thiophene rings is 2. The van der Waals surface area contributed by atoms with E-state index in [4.69, 9.17) is 4.98 Å². The average molecular weight is 420 g/mol. The van der Waals surface area contributed by atoms with Crippen molar-refractivity contribution in [2.24, 2.45) is 0 Å². The summed E-state index contributed by atoms with van der Waals surface area (Å²) in [4.78, 5) is 25.1. The zero-order chi connectivity index (χ0) is 19.8. The van der Waals surface area contributed by atoms with Gasteiger partial charge in [-0.1, -0.05) is 42.5 Å². The van der Waals surface area contributed by atoms with Crippen molar-refractivity contribution in [2.75, 3.05) is 13.1 Å². The van der Waals surface area contributed by atoms with Crippen LogP contribution in [0.3, 0.4) is 0 Å². The molecule has 0 unspecified atom stereocenters. The second kappa shape index (κ2) is 7.71. The van der Waals surface area contributed by atoms with Crippen molar-refractivity contribution in [1.29, 1.82) is 0 Å². The summed E-state index contributed by atoms with van der Waals surface area (Å²) in [5.74, 6) is 0.749. The maximum absolute atomic E-state index is 12.9. The molecule has 146 valence electrons. The van der Waals surface area contributed by atoms with Crippen molar-refractivity contribution in [3.63, 3.8) is 0 Å². The molecule has 0 spiro atoms. The number of hydrogen-bond donors (Lipinski definition) is 1. The van der Waals surface area contributed by atoms with Crippen molar-refractivity contribution in [3.05, 3.63) is 81.0 Å². The molecule has 0 amide bonds. The van der Waals surface area contributed by atoms with Gasteiger partial charge in [0.1, 0.15) is 10.7 Å². The third-order valence-corrected chi connectivity index (χ3v) is 7.35. The Balaban J connectivity index is 1.41. The van der Waals surface area contributed by atoms with Crippen molar-refractivity contribution in [1.82, 2.24) is 14.9 Å². The van der Waals surface area contributed by atoms with Crippen LogP contribution in [-0.2, 0) is 0 Å². The number of benzene rings is 1. The molecule has 0 aliphatic carbocycles. The number of nitrogens with one attached hydrogen (secondary N) is 1. The predicted molar refractivity (Wildman–Crippen MR) is 123 cm³/mol. The molecular formula is C23H21N3OS2. The standard InChI is InChI=1S/C23H21N3OS2/c1-15(26-11-9-17(10-12-26)16-6-3-2-4-7-16)21-24-22(27)20-18(14-29-23(20)25-21)19-8-5-13-28-19/h2-9,13-15H,10-12H2,1H3,(H,24,25,27)/t15-/m0/s1. The van der Waals surface area contributed by atoms with Crippen LogP contribution in [0.15, 0.2) is 64.1 Å². The van der Waals surface area contributed by atoms with E-state index in [0.717, 1.165) is 40.6 Å². The zero-order valence-corrected chi connectivity index (χ0v) is 17.7. The Morgan fingerprint density at radius 1 is 1.14 bits per heavy atom. The number of nitrogens with zero attached hydrogens (tertiary/aromatic N) is 2. The first-order valence-corrected chi connectivity index (χ1v) is 11.5. The molecular weight excluding hydrogens is 398 g/mol. The van der Waals surface area contributed by atoms with Crippen LogP contribution in [-0.4, -0.2) is 28.0 Å². The summed E-state index contributed by atoms with van der Waals surface area (Å²) in [7, 11) is 0. The van der Waals surface area contributed by atoms with Crippen molar-refractivity contribution in [3.8, 4) is 10.4 Å². The Morgan fingerprint density at radius 2 is 2.00 bits per heavy atom. The largest absolute Gasteiger partial charge is 0.309 e. The van der Waals surface area contributed by atoms with E-state index in [-0.39, 0.29) is 11.6 Å². The summed E-state index contributed by atoms with van der Waals surface area (Å²) in [6.07, 6.45) is 3.30. The minimum atomic E-state index is -0.0426. The van der Waals surface area contributed by atoms with Crippen molar-refractivity contribution >= 4 is 38.5 Å². The molecule has 1 N–H and O–H groups in total. The number of hydrogen-bond acceptors (Lipinski definition) is 5. The molecule has 3 aromatic heterocycles. The van der Waals surface area contributed by atoms with Gasteiger partial charge < -0.3 is 4.98 Å². The first-order chi connectivity index (χ1) is 14.2. The van der Waals surface area contributed by atoms with E-state index in [1.165, 1.54) is 11.1 Å². The van der Waals surface area contributed by atoms with Gasteiger partial charge in [0.25, 0.3) is 5.56 Å². The van der Waals surface area contributed by atoms with E-state index in [1.54, 1.807) is 22.7 Å². The van der Waals surface area contributed by atoms with Crippen LogP contribution < -0.4 is 5.56 Å². The molecule has 5 rings (SSSR count). The molecule has 1 aliphatic rings. The smallest absolute Gasteiger partial charge is 0.260 e. The molecule has 0 saturated carbocycles. The molecule has 6 heteroatoms. The van der Waals surface area contributed by atoms with Crippen LogP contribution >= 0.6 is 22.7 Å². The Bertz CT molecular complexity index is 1220. The van der Waals surface area contributed by atoms with E-state index in [1.807, 2.05) is 29.0 Å². The SMILES string of the molecule is C[C@@H](c1nc2scc(-c3cccs3)c2c(=O)[nH]1)N1CC=C(c2ccccc2)CC1. The number of fused-ring (bicyclic) bond motifs is 1. The summed E-state index contributed by atoms with van der Waals surface area (Å²) < 4.78 is 0. The lowest BCUT2D eigenvalue weighted by atomic mass is 9.99. The molecule has 0 fully saturated rings. The number of aromatic nitrogens is 2. The van der Waals surface area contributed by atoms with Gasteiger partial charge >= 0.3 is 0 Å². The van der Waals surface area contributed by atoms with Gasteiger partial charge in [0.2, 0.25) is 0 Å². The highest BCUT2D eigenvalue weighted by Crippen LogP contribution is 2.34. The van der Waals surface area contributed by atoms with Gasteiger partial charge in [0.05, 0.1) is 11.4 Å². The quantitative estimate of drug-likeness (QED) is 0.471. The minimum absolute atomic E-state index is 0.0426. The van der Waals surface area contributed by atoms with Gasteiger partial charge in [-0.05, 0) is 35.9 Å². The topological polar surface area (TPSA) is 49.0 Å². The lowest BCUT2D eigenvalue weighted by Gasteiger charge is -2.31. The lowest BCUT2D eigenvalue weighted by molar-refractivity contribution is 0.225. The summed E-state index contributed by atoms with van der Waals surface area (Å²) in [6.45, 7) is 3.94. The van der Waals surface area contributed by atoms with Crippen LogP contribution in [0.25, 0.3) is 26.2 Å². The Labute approximate surface area is 177 Å². The summed E-state index contributed by atoms with van der Waals surface area (Å²) >= 11 is 3.19. The fourth-order valence-electron chi connectivity index (χ4n) is 3.90. The number of aromatic amines is 1. The maximum Gasteiger partial charge on any atom is 0.260 e. The van der Waals surface area contributed by atoms with Crippen molar-refractivity contribution < 1.29 is 0 Å². The van der Waals surface area contributed by atoms with Gasteiger partial charge in [-0.25, -0.2) is 4.98 Å². The molecule has 4 aromatic rings. The van der Waals surface area contributed by atoms with Gasteiger partial charge in [0, 0.05) is 28.9 Å². The normalized spacial score (nSPS) is 16.1. The van der Waals surface area contributed by atoms with Crippen LogP contribution in [0.2, 0.25) is 0 Å². The van der Waals surface area contributed by atoms with E-state index in [2.05, 4.69) is 47.1 Å². The van der Waals surface area contributed by atoms with E-state index in [0.29, 0.717) is 5.39 Å². The molecule has 0 radical (unpaired) electrons. The van der Waals surface area contributed by atoms with Gasteiger partial charge in [0.15, 0.2) is 0 Å². The second-order valence-electron chi connectivity index (χ2n) is 7.27. The summed E-state index contributed by atoms with van der Waals surface area (Å²) in [5, 5.41) is 4.78. The Kier molecular flexibility index (Phi) is 4.91. The molecule has 4 nitrogen and oxygen atoms in total. The van der Waals surface area contributed by atoms with E-state index < -0.39 is 0 Å². The Hall–Kier alpha value is -2.54. The number of rotatable bonds is 4. The molecule has 1 aromatic carbocycles. The van der Waals surface area contributed by atoms with Crippen LogP contribution in [0.1, 0.15) is 30.8 Å². The highest BCUT2D eigenvalue weighted by atomic mass is 32.1.